The summed E-state index contributed by atoms with van der Waals surface area (Å²) >= 11 is 6.27. The van der Waals surface area contributed by atoms with Gasteiger partial charge in [-0.25, -0.2) is 4.98 Å². The van der Waals surface area contributed by atoms with E-state index in [1.54, 1.807) is 7.11 Å². The molecule has 1 N–H and O–H groups in total. The van der Waals surface area contributed by atoms with Crippen LogP contribution in [-0.2, 0) is 0 Å². The Hall–Kier alpha value is -2.30. The third-order valence-electron chi connectivity index (χ3n) is 5.57. The molecule has 1 aromatic heterocycles. The van der Waals surface area contributed by atoms with Gasteiger partial charge < -0.3 is 15.0 Å². The summed E-state index contributed by atoms with van der Waals surface area (Å²) in [6, 6.07) is 16.0. The van der Waals surface area contributed by atoms with Gasteiger partial charge in [0.15, 0.2) is 0 Å². The van der Waals surface area contributed by atoms with Gasteiger partial charge in [0.1, 0.15) is 5.75 Å². The molecule has 2 aromatic carbocycles. The Labute approximate surface area is 177 Å². The first-order chi connectivity index (χ1) is 14.2. The molecule has 1 saturated heterocycles. The fourth-order valence-electron chi connectivity index (χ4n) is 3.96. The Bertz CT molecular complexity index is 952. The summed E-state index contributed by atoms with van der Waals surface area (Å²) in [7, 11) is 1.68. The van der Waals surface area contributed by atoms with E-state index in [9.17, 15) is 0 Å². The number of nitrogens with zero attached hydrogens (tertiary/aromatic N) is 2. The first kappa shape index (κ1) is 20.0. The number of halogens is 1. The maximum absolute atomic E-state index is 6.27. The van der Waals surface area contributed by atoms with E-state index in [4.69, 9.17) is 21.3 Å². The molecule has 0 aliphatic carbocycles. The minimum absolute atomic E-state index is 0.730. The van der Waals surface area contributed by atoms with E-state index in [2.05, 4.69) is 16.3 Å². The molecule has 0 radical (unpaired) electrons. The van der Waals surface area contributed by atoms with E-state index in [0.717, 1.165) is 58.1 Å². The van der Waals surface area contributed by atoms with Gasteiger partial charge in [-0.15, -0.1) is 0 Å². The van der Waals surface area contributed by atoms with Crippen LogP contribution in [0.1, 0.15) is 25.7 Å². The van der Waals surface area contributed by atoms with Crippen molar-refractivity contribution in [2.45, 2.75) is 25.7 Å². The number of rotatable bonds is 7. The largest absolute Gasteiger partial charge is 0.497 e. The number of pyridine rings is 1. The van der Waals surface area contributed by atoms with Crippen LogP contribution in [-0.4, -0.2) is 43.2 Å². The highest BCUT2D eigenvalue weighted by atomic mass is 35.5. The maximum Gasteiger partial charge on any atom is 0.118 e. The Morgan fingerprint density at radius 2 is 1.83 bits per heavy atom. The van der Waals surface area contributed by atoms with Crippen molar-refractivity contribution in [3.8, 4) is 17.0 Å². The number of hydrogen-bond donors (Lipinski definition) is 1. The topological polar surface area (TPSA) is 37.4 Å². The average molecular weight is 410 g/mol. The van der Waals surface area contributed by atoms with Crippen molar-refractivity contribution in [3.63, 3.8) is 0 Å². The predicted octanol–water partition coefficient (Wildman–Crippen LogP) is 5.85. The van der Waals surface area contributed by atoms with Crippen molar-refractivity contribution in [2.24, 2.45) is 0 Å². The molecule has 0 bridgehead atoms. The molecule has 0 atom stereocenters. The van der Waals surface area contributed by atoms with Crippen molar-refractivity contribution in [1.82, 2.24) is 9.88 Å². The Balaban J connectivity index is 1.54. The van der Waals surface area contributed by atoms with E-state index < -0.39 is 0 Å². The summed E-state index contributed by atoms with van der Waals surface area (Å²) in [5.74, 6) is 0.845. The molecule has 152 valence electrons. The molecule has 1 aliphatic heterocycles. The molecule has 4 nitrogen and oxygen atoms in total. The molecule has 5 heteroatoms. The molecule has 0 unspecified atom stereocenters. The number of hydrogen-bond acceptors (Lipinski definition) is 4. The minimum atomic E-state index is 0.730. The maximum atomic E-state index is 6.27. The summed E-state index contributed by atoms with van der Waals surface area (Å²) in [4.78, 5) is 7.44. The lowest BCUT2D eigenvalue weighted by atomic mass is 10.1. The zero-order valence-corrected chi connectivity index (χ0v) is 17.7. The van der Waals surface area contributed by atoms with Crippen molar-refractivity contribution < 1.29 is 4.74 Å². The number of anilines is 1. The second-order valence-electron chi connectivity index (χ2n) is 7.63. The normalized spacial score (nSPS) is 14.8. The number of ether oxygens (including phenoxy) is 1. The third kappa shape index (κ3) is 5.01. The van der Waals surface area contributed by atoms with Crippen LogP contribution in [0, 0.1) is 0 Å². The number of likely N-dealkylation sites (tertiary alicyclic amines) is 1. The smallest absolute Gasteiger partial charge is 0.118 e. The molecule has 0 saturated carbocycles. The molecule has 0 spiro atoms. The first-order valence-electron chi connectivity index (χ1n) is 10.4. The van der Waals surface area contributed by atoms with Crippen LogP contribution >= 0.6 is 11.6 Å². The van der Waals surface area contributed by atoms with E-state index >= 15 is 0 Å². The van der Waals surface area contributed by atoms with Crippen LogP contribution in [0.4, 0.5) is 5.69 Å². The number of nitrogens with one attached hydrogen (secondary N) is 1. The number of fused-ring (bicyclic) bond motifs is 1. The van der Waals surface area contributed by atoms with Gasteiger partial charge in [-0.05, 0) is 87.4 Å². The lowest BCUT2D eigenvalue weighted by Gasteiger charge is -2.26. The van der Waals surface area contributed by atoms with Crippen LogP contribution in [0.25, 0.3) is 22.2 Å². The van der Waals surface area contributed by atoms with Crippen LogP contribution in [0.5, 0.6) is 5.75 Å². The first-order valence-corrected chi connectivity index (χ1v) is 10.8. The fourth-order valence-corrected chi connectivity index (χ4v) is 4.13. The summed E-state index contributed by atoms with van der Waals surface area (Å²) in [6.45, 7) is 4.58. The molecule has 4 rings (SSSR count). The van der Waals surface area contributed by atoms with Crippen LogP contribution in [0.3, 0.4) is 0 Å². The van der Waals surface area contributed by atoms with Crippen LogP contribution in [0.2, 0.25) is 5.02 Å². The predicted molar refractivity (Wildman–Crippen MR) is 122 cm³/mol. The molecule has 29 heavy (non-hydrogen) atoms. The molecule has 0 amide bonds. The number of benzene rings is 2. The second kappa shape index (κ2) is 9.47. The van der Waals surface area contributed by atoms with Gasteiger partial charge in [-0.2, -0.15) is 0 Å². The lowest BCUT2D eigenvalue weighted by Crippen LogP contribution is -2.31. The molecule has 3 aromatic rings. The van der Waals surface area contributed by atoms with E-state index in [1.807, 2.05) is 42.5 Å². The average Bonchev–Trinajstić information content (AvgIpc) is 2.77. The number of methoxy groups -OCH3 is 1. The van der Waals surface area contributed by atoms with Gasteiger partial charge in [0.05, 0.1) is 18.3 Å². The van der Waals surface area contributed by atoms with Gasteiger partial charge in [0.2, 0.25) is 0 Å². The highest BCUT2D eigenvalue weighted by molar-refractivity contribution is 6.31. The highest BCUT2D eigenvalue weighted by Gasteiger charge is 2.11. The summed E-state index contributed by atoms with van der Waals surface area (Å²) in [5.41, 5.74) is 4.04. The SMILES string of the molecule is COc1ccc(-c2cc(NCCCN3CCCCC3)c3cc(Cl)ccc3n2)cc1. The molecule has 1 fully saturated rings. The van der Waals surface area contributed by atoms with E-state index in [1.165, 1.54) is 32.4 Å². The van der Waals surface area contributed by atoms with E-state index in [-0.39, 0.29) is 0 Å². The van der Waals surface area contributed by atoms with E-state index in [0.29, 0.717) is 0 Å². The van der Waals surface area contributed by atoms with Crippen LogP contribution < -0.4 is 10.1 Å². The van der Waals surface area contributed by atoms with Crippen molar-refractivity contribution in [2.75, 3.05) is 38.6 Å². The van der Waals surface area contributed by atoms with Gasteiger partial charge in [0, 0.05) is 28.2 Å². The highest BCUT2D eigenvalue weighted by Crippen LogP contribution is 2.31. The van der Waals surface area contributed by atoms with Gasteiger partial charge >= 0.3 is 0 Å². The molecular weight excluding hydrogens is 382 g/mol. The Morgan fingerprint density at radius 1 is 1.03 bits per heavy atom. The van der Waals surface area contributed by atoms with Gasteiger partial charge in [0.25, 0.3) is 0 Å². The van der Waals surface area contributed by atoms with Crippen molar-refractivity contribution in [3.05, 3.63) is 53.6 Å². The monoisotopic (exact) mass is 409 g/mol. The van der Waals surface area contributed by atoms with Crippen molar-refractivity contribution >= 4 is 28.2 Å². The lowest BCUT2D eigenvalue weighted by molar-refractivity contribution is 0.228. The molecular formula is C24H28ClN3O. The second-order valence-corrected chi connectivity index (χ2v) is 8.06. The third-order valence-corrected chi connectivity index (χ3v) is 5.81. The molecule has 1 aliphatic rings. The summed E-state index contributed by atoms with van der Waals surface area (Å²) in [5, 5.41) is 5.43. The van der Waals surface area contributed by atoms with Crippen molar-refractivity contribution in [1.29, 1.82) is 0 Å². The Morgan fingerprint density at radius 3 is 2.59 bits per heavy atom. The standard InChI is InChI=1S/C24H28ClN3O/c1-29-20-9-6-18(7-10-20)23-17-24(21-16-19(25)8-11-22(21)27-23)26-12-5-15-28-13-3-2-4-14-28/h6-11,16-17H,2-5,12-15H2,1H3,(H,26,27). The quantitative estimate of drug-likeness (QED) is 0.496. The van der Waals surface area contributed by atoms with Gasteiger partial charge in [-0.3, -0.25) is 0 Å². The Kier molecular flexibility index (Phi) is 6.53. The zero-order valence-electron chi connectivity index (χ0n) is 17.0. The summed E-state index contributed by atoms with van der Waals surface area (Å²) in [6.07, 6.45) is 5.19. The number of aromatic nitrogens is 1. The molecule has 2 heterocycles. The fraction of sp³-hybridized carbons (Fsp3) is 0.375. The minimum Gasteiger partial charge on any atom is -0.497 e. The summed E-state index contributed by atoms with van der Waals surface area (Å²) < 4.78 is 5.28. The van der Waals surface area contributed by atoms with Crippen LogP contribution in [0.15, 0.2) is 48.5 Å². The van der Waals surface area contributed by atoms with Gasteiger partial charge in [-0.1, -0.05) is 18.0 Å². The zero-order chi connectivity index (χ0) is 20.1. The number of piperidine rings is 1.